The van der Waals surface area contributed by atoms with Crippen molar-refractivity contribution in [3.8, 4) is 67.5 Å². The molecule has 0 bridgehead atoms. The molecule has 0 unspecified atom stereocenters. The van der Waals surface area contributed by atoms with Crippen molar-refractivity contribution in [1.29, 1.82) is 0 Å². The summed E-state index contributed by atoms with van der Waals surface area (Å²) in [5.74, 6) is 1.95. The first-order chi connectivity index (χ1) is 28.3. The van der Waals surface area contributed by atoms with E-state index in [0.717, 1.165) is 27.8 Å². The first-order valence-corrected chi connectivity index (χ1v) is 20.0. The van der Waals surface area contributed by atoms with E-state index in [4.69, 9.17) is 15.0 Å². The summed E-state index contributed by atoms with van der Waals surface area (Å²) < 4.78 is 2.42. The summed E-state index contributed by atoms with van der Waals surface area (Å²) in [5, 5.41) is 7.21. The van der Waals surface area contributed by atoms with E-state index in [1.54, 1.807) is 11.3 Å². The Labute approximate surface area is 334 Å². The highest BCUT2D eigenvalue weighted by Crippen LogP contribution is 2.47. The maximum Gasteiger partial charge on any atom is 0.165 e. The Morgan fingerprint density at radius 2 is 0.737 bits per heavy atom. The molecule has 0 aliphatic rings. The predicted molar refractivity (Wildman–Crippen MR) is 240 cm³/mol. The van der Waals surface area contributed by atoms with E-state index in [2.05, 4.69) is 182 Å². The molecule has 0 atom stereocenters. The Morgan fingerprint density at radius 3 is 1.44 bits per heavy atom. The predicted octanol–water partition coefficient (Wildman–Crippen LogP) is 14.5. The molecular weight excluding hydrogens is 711 g/mol. The van der Waals surface area contributed by atoms with Crippen LogP contribution in [-0.4, -0.2) is 15.0 Å². The second-order valence-corrected chi connectivity index (χ2v) is 15.3. The van der Waals surface area contributed by atoms with Crippen molar-refractivity contribution in [3.63, 3.8) is 0 Å². The van der Waals surface area contributed by atoms with Crippen LogP contribution in [0.5, 0.6) is 0 Å². The maximum absolute atomic E-state index is 5.35. The molecule has 9 aromatic carbocycles. The number of thiophene rings is 1. The van der Waals surface area contributed by atoms with Gasteiger partial charge in [-0.25, -0.2) is 15.0 Å². The van der Waals surface area contributed by atoms with E-state index in [1.807, 2.05) is 18.2 Å². The van der Waals surface area contributed by atoms with E-state index in [0.29, 0.717) is 17.5 Å². The van der Waals surface area contributed by atoms with Gasteiger partial charge in [-0.15, -0.1) is 11.3 Å². The topological polar surface area (TPSA) is 38.7 Å². The summed E-state index contributed by atoms with van der Waals surface area (Å²) in [5.41, 5.74) is 9.96. The molecule has 0 N–H and O–H groups in total. The fourth-order valence-electron chi connectivity index (χ4n) is 8.37. The van der Waals surface area contributed by atoms with Gasteiger partial charge in [-0.05, 0) is 73.1 Å². The van der Waals surface area contributed by atoms with Gasteiger partial charge in [-0.2, -0.15) is 0 Å². The third-order valence-corrected chi connectivity index (χ3v) is 12.2. The van der Waals surface area contributed by atoms with E-state index >= 15 is 0 Å². The molecule has 11 rings (SSSR count). The second-order valence-electron chi connectivity index (χ2n) is 14.3. The number of nitrogens with zero attached hydrogens (tertiary/aromatic N) is 3. The molecule has 2 aromatic heterocycles. The Hall–Kier alpha value is -7.27. The third kappa shape index (κ3) is 5.69. The average molecular weight is 744 g/mol. The van der Waals surface area contributed by atoms with Crippen LogP contribution < -0.4 is 0 Å². The summed E-state index contributed by atoms with van der Waals surface area (Å²) in [6.07, 6.45) is 0. The molecule has 0 amide bonds. The fraction of sp³-hybridized carbons (Fsp3) is 0. The SMILES string of the molecule is c1ccc(-c2cccc(-c3c4ccccc4c(-c4ccccc4-c4nc(-c5ccccc5)nc(-c5cccc6c5sc5ccccc56)n4)c4ccccc34)c2)cc1. The molecule has 266 valence electrons. The lowest BCUT2D eigenvalue weighted by Gasteiger charge is -2.20. The Morgan fingerprint density at radius 1 is 0.281 bits per heavy atom. The highest BCUT2D eigenvalue weighted by molar-refractivity contribution is 7.26. The Bertz CT molecular complexity index is 3240. The van der Waals surface area contributed by atoms with Crippen molar-refractivity contribution in [3.05, 3.63) is 200 Å². The molecule has 0 spiro atoms. The van der Waals surface area contributed by atoms with Crippen molar-refractivity contribution in [2.75, 3.05) is 0 Å². The van der Waals surface area contributed by atoms with Crippen LogP contribution in [0.15, 0.2) is 200 Å². The van der Waals surface area contributed by atoms with Crippen molar-refractivity contribution >= 4 is 53.1 Å². The zero-order valence-electron chi connectivity index (χ0n) is 30.8. The van der Waals surface area contributed by atoms with Crippen LogP contribution in [0.4, 0.5) is 0 Å². The lowest BCUT2D eigenvalue weighted by molar-refractivity contribution is 1.08. The summed E-state index contributed by atoms with van der Waals surface area (Å²) >= 11 is 1.79. The van der Waals surface area contributed by atoms with Crippen LogP contribution in [0.2, 0.25) is 0 Å². The molecule has 3 nitrogen and oxygen atoms in total. The summed E-state index contributed by atoms with van der Waals surface area (Å²) in [6.45, 7) is 0. The first kappa shape index (κ1) is 33.1. The maximum atomic E-state index is 5.35. The van der Waals surface area contributed by atoms with Crippen LogP contribution >= 0.6 is 11.3 Å². The first-order valence-electron chi connectivity index (χ1n) is 19.2. The molecular formula is C53H33N3S. The Kier molecular flexibility index (Phi) is 8.01. The fourth-order valence-corrected chi connectivity index (χ4v) is 9.58. The van der Waals surface area contributed by atoms with E-state index in [1.165, 1.54) is 64.0 Å². The van der Waals surface area contributed by atoms with Gasteiger partial charge in [-0.3, -0.25) is 0 Å². The van der Waals surface area contributed by atoms with Crippen molar-refractivity contribution < 1.29 is 0 Å². The molecule has 0 aliphatic heterocycles. The van der Waals surface area contributed by atoms with E-state index < -0.39 is 0 Å². The van der Waals surface area contributed by atoms with Gasteiger partial charge in [0.2, 0.25) is 0 Å². The number of benzene rings is 9. The van der Waals surface area contributed by atoms with E-state index in [-0.39, 0.29) is 0 Å². The van der Waals surface area contributed by atoms with Crippen molar-refractivity contribution in [1.82, 2.24) is 15.0 Å². The molecule has 0 radical (unpaired) electrons. The van der Waals surface area contributed by atoms with Crippen LogP contribution in [-0.2, 0) is 0 Å². The van der Waals surface area contributed by atoms with Crippen molar-refractivity contribution in [2.24, 2.45) is 0 Å². The molecule has 0 fully saturated rings. The number of hydrogen-bond acceptors (Lipinski definition) is 4. The van der Waals surface area contributed by atoms with Crippen LogP contribution in [0, 0.1) is 0 Å². The highest BCUT2D eigenvalue weighted by Gasteiger charge is 2.22. The minimum atomic E-state index is 0.639. The van der Waals surface area contributed by atoms with Gasteiger partial charge >= 0.3 is 0 Å². The molecule has 4 heteroatoms. The van der Waals surface area contributed by atoms with Gasteiger partial charge in [0.15, 0.2) is 17.5 Å². The number of aromatic nitrogens is 3. The Balaban J connectivity index is 1.16. The smallest absolute Gasteiger partial charge is 0.165 e. The third-order valence-electron chi connectivity index (χ3n) is 10.9. The molecule has 11 aromatic rings. The van der Waals surface area contributed by atoms with Gasteiger partial charge in [0.25, 0.3) is 0 Å². The molecule has 0 aliphatic carbocycles. The summed E-state index contributed by atoms with van der Waals surface area (Å²) in [4.78, 5) is 15.8. The minimum Gasteiger partial charge on any atom is -0.208 e. The zero-order chi connectivity index (χ0) is 37.7. The van der Waals surface area contributed by atoms with Gasteiger partial charge in [-0.1, -0.05) is 182 Å². The monoisotopic (exact) mass is 743 g/mol. The minimum absolute atomic E-state index is 0.639. The number of hydrogen-bond donors (Lipinski definition) is 0. The second kappa shape index (κ2) is 13.8. The van der Waals surface area contributed by atoms with Gasteiger partial charge < -0.3 is 0 Å². The molecule has 0 saturated heterocycles. The highest BCUT2D eigenvalue weighted by atomic mass is 32.1. The zero-order valence-corrected chi connectivity index (χ0v) is 31.6. The lowest BCUT2D eigenvalue weighted by atomic mass is 9.84. The summed E-state index contributed by atoms with van der Waals surface area (Å²) in [6, 6.07) is 71.1. The van der Waals surface area contributed by atoms with Crippen LogP contribution in [0.1, 0.15) is 0 Å². The van der Waals surface area contributed by atoms with Gasteiger partial charge in [0.1, 0.15) is 0 Å². The van der Waals surface area contributed by atoms with Gasteiger partial charge in [0, 0.05) is 36.9 Å². The van der Waals surface area contributed by atoms with Crippen LogP contribution in [0.3, 0.4) is 0 Å². The largest absolute Gasteiger partial charge is 0.208 e. The normalized spacial score (nSPS) is 11.5. The summed E-state index contributed by atoms with van der Waals surface area (Å²) in [7, 11) is 0. The van der Waals surface area contributed by atoms with Crippen molar-refractivity contribution in [2.45, 2.75) is 0 Å². The quantitative estimate of drug-likeness (QED) is 0.159. The molecule has 2 heterocycles. The lowest BCUT2D eigenvalue weighted by Crippen LogP contribution is -2.01. The standard InChI is InChI=1S/C53H33N3S/c1-3-17-34(18-4-1)36-21-15-22-37(33-36)48-39-24-7-9-26-41(39)49(42-27-10-8-25-40(42)48)43-28-11-12-29-45(43)52-54-51(35-19-5-2-6-20-35)55-53(56-52)46-31-16-30-44-38-23-13-14-32-47(38)57-50(44)46/h1-33H. The van der Waals surface area contributed by atoms with Gasteiger partial charge in [0.05, 0.1) is 0 Å². The van der Waals surface area contributed by atoms with E-state index in [9.17, 15) is 0 Å². The number of rotatable bonds is 6. The molecule has 57 heavy (non-hydrogen) atoms. The average Bonchev–Trinajstić information content (AvgIpc) is 3.68. The molecule has 0 saturated carbocycles. The van der Waals surface area contributed by atoms with Crippen LogP contribution in [0.25, 0.3) is 109 Å². The number of fused-ring (bicyclic) bond motifs is 5.